The molecule has 0 aromatic heterocycles. The highest BCUT2D eigenvalue weighted by Gasteiger charge is 2.24. The lowest BCUT2D eigenvalue weighted by atomic mass is 9.83. The van der Waals surface area contributed by atoms with E-state index in [0.29, 0.717) is 11.4 Å². The molecule has 0 saturated carbocycles. The molecule has 0 radical (unpaired) electrons. The Hall–Kier alpha value is -1.81. The first-order valence-corrected chi connectivity index (χ1v) is 7.85. The number of hydrogen-bond acceptors (Lipinski definition) is 2. The van der Waals surface area contributed by atoms with Crippen LogP contribution < -0.4 is 11.1 Å². The summed E-state index contributed by atoms with van der Waals surface area (Å²) in [5, 5.41) is 2.95. The molecule has 1 atom stereocenters. The fraction of sp³-hybridized carbons (Fsp3) is 0.235. The van der Waals surface area contributed by atoms with E-state index in [-0.39, 0.29) is 11.8 Å². The Kier molecular flexibility index (Phi) is 3.97. The van der Waals surface area contributed by atoms with Crippen LogP contribution in [0.2, 0.25) is 0 Å². The molecule has 0 saturated heterocycles. The normalized spacial score (nSPS) is 17.1. The first kappa shape index (κ1) is 14.1. The predicted molar refractivity (Wildman–Crippen MR) is 89.1 cm³/mol. The highest BCUT2D eigenvalue weighted by atomic mass is 79.9. The number of carbonyl (C=O) groups is 1. The molecule has 3 nitrogen and oxygen atoms in total. The van der Waals surface area contributed by atoms with Crippen molar-refractivity contribution in [2.24, 2.45) is 5.92 Å². The third-order valence-electron chi connectivity index (χ3n) is 3.99. The largest absolute Gasteiger partial charge is 0.397 e. The number of anilines is 2. The Bertz CT molecular complexity index is 684. The first-order valence-electron chi connectivity index (χ1n) is 7.06. The summed E-state index contributed by atoms with van der Waals surface area (Å²) < 4.78 is 0.907. The third-order valence-corrected chi connectivity index (χ3v) is 4.48. The fourth-order valence-corrected chi connectivity index (χ4v) is 3.18. The first-order chi connectivity index (χ1) is 10.1. The van der Waals surface area contributed by atoms with Crippen molar-refractivity contribution >= 4 is 33.2 Å². The molecule has 2 aromatic rings. The molecule has 0 bridgehead atoms. The van der Waals surface area contributed by atoms with Crippen LogP contribution in [0.25, 0.3) is 0 Å². The minimum absolute atomic E-state index is 0.0166. The lowest BCUT2D eigenvalue weighted by Crippen LogP contribution is -2.28. The maximum Gasteiger partial charge on any atom is 0.227 e. The van der Waals surface area contributed by atoms with Gasteiger partial charge in [-0.15, -0.1) is 0 Å². The summed E-state index contributed by atoms with van der Waals surface area (Å²) >= 11 is 3.36. The Balaban J connectivity index is 1.72. The van der Waals surface area contributed by atoms with E-state index in [0.717, 1.165) is 23.7 Å². The molecule has 0 aliphatic heterocycles. The minimum atomic E-state index is 0.0166. The Morgan fingerprint density at radius 2 is 1.95 bits per heavy atom. The van der Waals surface area contributed by atoms with Crippen LogP contribution in [-0.2, 0) is 17.6 Å². The van der Waals surface area contributed by atoms with Crippen LogP contribution in [0.4, 0.5) is 11.4 Å². The van der Waals surface area contributed by atoms with E-state index in [2.05, 4.69) is 39.4 Å². The average molecular weight is 345 g/mol. The lowest BCUT2D eigenvalue weighted by Gasteiger charge is -2.24. The van der Waals surface area contributed by atoms with Crippen LogP contribution in [-0.4, -0.2) is 5.91 Å². The van der Waals surface area contributed by atoms with E-state index >= 15 is 0 Å². The van der Waals surface area contributed by atoms with E-state index in [1.807, 2.05) is 18.2 Å². The topological polar surface area (TPSA) is 55.1 Å². The second kappa shape index (κ2) is 5.90. The minimum Gasteiger partial charge on any atom is -0.397 e. The third kappa shape index (κ3) is 3.10. The van der Waals surface area contributed by atoms with Crippen molar-refractivity contribution in [3.05, 3.63) is 58.1 Å². The molecule has 21 heavy (non-hydrogen) atoms. The van der Waals surface area contributed by atoms with Gasteiger partial charge in [-0.3, -0.25) is 4.79 Å². The van der Waals surface area contributed by atoms with Gasteiger partial charge in [-0.2, -0.15) is 0 Å². The summed E-state index contributed by atoms with van der Waals surface area (Å²) in [6.45, 7) is 0. The number of amides is 1. The van der Waals surface area contributed by atoms with Crippen molar-refractivity contribution in [3.8, 4) is 0 Å². The van der Waals surface area contributed by atoms with Crippen LogP contribution in [0.3, 0.4) is 0 Å². The molecule has 0 fully saturated rings. The van der Waals surface area contributed by atoms with Crippen LogP contribution in [0.1, 0.15) is 17.5 Å². The summed E-state index contributed by atoms with van der Waals surface area (Å²) in [6, 6.07) is 13.9. The summed E-state index contributed by atoms with van der Waals surface area (Å²) in [7, 11) is 0. The zero-order valence-corrected chi connectivity index (χ0v) is 13.2. The van der Waals surface area contributed by atoms with Crippen molar-refractivity contribution in [3.63, 3.8) is 0 Å². The van der Waals surface area contributed by atoms with Gasteiger partial charge in [-0.05, 0) is 48.6 Å². The Labute approximate surface area is 132 Å². The maximum atomic E-state index is 12.4. The standard InChI is InChI=1S/C17H17BrN2O/c18-14-7-8-16(15(19)10-14)20-17(21)13-6-5-11-3-1-2-4-12(11)9-13/h1-4,7-8,10,13H,5-6,9,19H2,(H,20,21). The number of hydrogen-bond donors (Lipinski definition) is 2. The number of nitrogens with one attached hydrogen (secondary N) is 1. The average Bonchev–Trinajstić information content (AvgIpc) is 2.49. The maximum absolute atomic E-state index is 12.4. The molecule has 1 aliphatic carbocycles. The zero-order valence-electron chi connectivity index (χ0n) is 11.6. The van der Waals surface area contributed by atoms with Crippen LogP contribution in [0.15, 0.2) is 46.9 Å². The van der Waals surface area contributed by atoms with Gasteiger partial charge in [0.05, 0.1) is 11.4 Å². The Morgan fingerprint density at radius 1 is 1.19 bits per heavy atom. The number of carbonyl (C=O) groups excluding carboxylic acids is 1. The lowest BCUT2D eigenvalue weighted by molar-refractivity contribution is -0.120. The van der Waals surface area contributed by atoms with Gasteiger partial charge in [0.15, 0.2) is 0 Å². The van der Waals surface area contributed by atoms with Gasteiger partial charge in [0, 0.05) is 10.4 Å². The molecule has 3 rings (SSSR count). The number of aryl methyl sites for hydroxylation is 1. The number of nitrogens with two attached hydrogens (primary N) is 1. The molecule has 1 amide bonds. The highest BCUT2D eigenvalue weighted by Crippen LogP contribution is 2.28. The molecular weight excluding hydrogens is 328 g/mol. The molecule has 0 heterocycles. The van der Waals surface area contributed by atoms with Gasteiger partial charge < -0.3 is 11.1 Å². The second-order valence-corrected chi connectivity index (χ2v) is 6.34. The number of fused-ring (bicyclic) bond motifs is 1. The van der Waals surface area contributed by atoms with E-state index in [4.69, 9.17) is 5.73 Å². The number of benzene rings is 2. The van der Waals surface area contributed by atoms with Gasteiger partial charge in [-0.1, -0.05) is 40.2 Å². The van der Waals surface area contributed by atoms with Gasteiger partial charge in [0.2, 0.25) is 5.91 Å². The number of rotatable bonds is 2. The molecule has 4 heteroatoms. The van der Waals surface area contributed by atoms with Crippen molar-refractivity contribution in [1.29, 1.82) is 0 Å². The molecule has 0 spiro atoms. The molecule has 1 aliphatic rings. The zero-order chi connectivity index (χ0) is 14.8. The summed E-state index contributed by atoms with van der Waals surface area (Å²) in [6.07, 6.45) is 2.65. The van der Waals surface area contributed by atoms with Gasteiger partial charge in [0.1, 0.15) is 0 Å². The molecule has 3 N–H and O–H groups in total. The number of nitrogen functional groups attached to an aromatic ring is 1. The van der Waals surface area contributed by atoms with E-state index in [1.165, 1.54) is 11.1 Å². The van der Waals surface area contributed by atoms with Crippen LogP contribution in [0, 0.1) is 5.92 Å². The van der Waals surface area contributed by atoms with E-state index in [1.54, 1.807) is 6.07 Å². The van der Waals surface area contributed by atoms with Crippen molar-refractivity contribution < 1.29 is 4.79 Å². The van der Waals surface area contributed by atoms with Crippen LogP contribution >= 0.6 is 15.9 Å². The van der Waals surface area contributed by atoms with Gasteiger partial charge in [0.25, 0.3) is 0 Å². The van der Waals surface area contributed by atoms with Crippen LogP contribution in [0.5, 0.6) is 0 Å². The second-order valence-electron chi connectivity index (χ2n) is 5.43. The van der Waals surface area contributed by atoms with Crippen molar-refractivity contribution in [1.82, 2.24) is 0 Å². The summed E-state index contributed by atoms with van der Waals surface area (Å²) in [5.41, 5.74) is 9.84. The summed E-state index contributed by atoms with van der Waals surface area (Å²) in [5.74, 6) is 0.0708. The molecule has 2 aromatic carbocycles. The number of halogens is 1. The molecular formula is C17H17BrN2O. The molecule has 108 valence electrons. The van der Waals surface area contributed by atoms with Gasteiger partial charge in [-0.25, -0.2) is 0 Å². The van der Waals surface area contributed by atoms with Gasteiger partial charge >= 0.3 is 0 Å². The monoisotopic (exact) mass is 344 g/mol. The van der Waals surface area contributed by atoms with Crippen molar-refractivity contribution in [2.45, 2.75) is 19.3 Å². The summed E-state index contributed by atoms with van der Waals surface area (Å²) in [4.78, 5) is 12.4. The predicted octanol–water partition coefficient (Wildman–Crippen LogP) is 3.77. The smallest absolute Gasteiger partial charge is 0.227 e. The van der Waals surface area contributed by atoms with E-state index in [9.17, 15) is 4.79 Å². The highest BCUT2D eigenvalue weighted by molar-refractivity contribution is 9.10. The fourth-order valence-electron chi connectivity index (χ4n) is 2.80. The van der Waals surface area contributed by atoms with Crippen molar-refractivity contribution in [2.75, 3.05) is 11.1 Å². The Morgan fingerprint density at radius 3 is 2.71 bits per heavy atom. The SMILES string of the molecule is Nc1cc(Br)ccc1NC(=O)C1CCc2ccccc2C1. The molecule has 1 unspecified atom stereocenters. The van der Waals surface area contributed by atoms with E-state index < -0.39 is 0 Å². The quantitative estimate of drug-likeness (QED) is 0.814.